The Hall–Kier alpha value is -0.600. The zero-order valence-corrected chi connectivity index (χ0v) is 11.4. The van der Waals surface area contributed by atoms with Gasteiger partial charge in [-0.3, -0.25) is 0 Å². The van der Waals surface area contributed by atoms with Crippen LogP contribution in [0.25, 0.3) is 0 Å². The van der Waals surface area contributed by atoms with E-state index in [4.69, 9.17) is 0 Å². The molecule has 0 radical (unpaired) electrons. The lowest BCUT2D eigenvalue weighted by atomic mass is 9.71. The molecule has 17 heavy (non-hydrogen) atoms. The highest BCUT2D eigenvalue weighted by molar-refractivity contribution is 7.10. The standard InChI is InChI=1S/C15H21NS/c1-10(2)15(14-7-4-8-17-14)16-13-9-11-5-3-6-12(11)13/h3-4,6-8,10-13,15-16H,5,9H2,1-2H3. The maximum atomic E-state index is 3.89. The van der Waals surface area contributed by atoms with Crippen LogP contribution in [0, 0.1) is 17.8 Å². The second-order valence-corrected chi connectivity index (χ2v) is 6.73. The van der Waals surface area contributed by atoms with E-state index in [9.17, 15) is 0 Å². The molecule has 2 aliphatic rings. The van der Waals surface area contributed by atoms with E-state index in [0.29, 0.717) is 18.0 Å². The van der Waals surface area contributed by atoms with E-state index in [1.165, 1.54) is 17.7 Å². The van der Waals surface area contributed by atoms with E-state index >= 15 is 0 Å². The minimum atomic E-state index is 0.537. The van der Waals surface area contributed by atoms with Crippen molar-refractivity contribution in [1.82, 2.24) is 5.32 Å². The number of allylic oxidation sites excluding steroid dienone is 1. The topological polar surface area (TPSA) is 12.0 Å². The molecule has 1 heterocycles. The Morgan fingerprint density at radius 1 is 1.41 bits per heavy atom. The van der Waals surface area contributed by atoms with Crippen LogP contribution in [-0.4, -0.2) is 6.04 Å². The SMILES string of the molecule is CC(C)C(NC1CC2CC=CC21)c1cccs1. The molecule has 1 aromatic rings. The Balaban J connectivity index is 1.67. The Bertz CT molecular complexity index is 393. The third-order valence-corrected chi connectivity index (χ3v) is 5.23. The fraction of sp³-hybridized carbons (Fsp3) is 0.600. The number of rotatable bonds is 4. The number of hydrogen-bond acceptors (Lipinski definition) is 2. The zero-order chi connectivity index (χ0) is 11.8. The van der Waals surface area contributed by atoms with Crippen molar-refractivity contribution in [3.63, 3.8) is 0 Å². The molecule has 0 bridgehead atoms. The molecule has 2 aliphatic carbocycles. The first-order valence-corrected chi connectivity index (χ1v) is 7.60. The molecule has 0 aromatic carbocycles. The highest BCUT2D eigenvalue weighted by Crippen LogP contribution is 2.44. The van der Waals surface area contributed by atoms with E-state index in [2.05, 4.69) is 48.8 Å². The molecule has 1 aromatic heterocycles. The summed E-state index contributed by atoms with van der Waals surface area (Å²) in [5.74, 6) is 2.43. The van der Waals surface area contributed by atoms with Gasteiger partial charge in [0, 0.05) is 17.0 Å². The predicted molar refractivity (Wildman–Crippen MR) is 74.2 cm³/mol. The maximum absolute atomic E-state index is 3.89. The fourth-order valence-electron chi connectivity index (χ4n) is 3.21. The second-order valence-electron chi connectivity index (χ2n) is 5.75. The van der Waals surface area contributed by atoms with Crippen molar-refractivity contribution >= 4 is 11.3 Å². The first kappa shape index (κ1) is 11.5. The zero-order valence-electron chi connectivity index (χ0n) is 10.6. The van der Waals surface area contributed by atoms with Crippen LogP contribution in [0.15, 0.2) is 29.7 Å². The van der Waals surface area contributed by atoms with E-state index in [0.717, 1.165) is 11.8 Å². The quantitative estimate of drug-likeness (QED) is 0.793. The summed E-state index contributed by atoms with van der Waals surface area (Å²) in [5.41, 5.74) is 0. The molecule has 1 N–H and O–H groups in total. The lowest BCUT2D eigenvalue weighted by Gasteiger charge is -2.43. The number of thiophene rings is 1. The van der Waals surface area contributed by atoms with E-state index in [-0.39, 0.29) is 0 Å². The van der Waals surface area contributed by atoms with Crippen LogP contribution in [0.2, 0.25) is 0 Å². The number of fused-ring (bicyclic) bond motifs is 1. The molecular formula is C15H21NS. The molecule has 4 unspecified atom stereocenters. The summed E-state index contributed by atoms with van der Waals surface area (Å²) in [6.45, 7) is 4.63. The Morgan fingerprint density at radius 2 is 2.29 bits per heavy atom. The summed E-state index contributed by atoms with van der Waals surface area (Å²) in [4.78, 5) is 1.49. The number of hydrogen-bond donors (Lipinski definition) is 1. The lowest BCUT2D eigenvalue weighted by molar-refractivity contribution is 0.141. The van der Waals surface area contributed by atoms with Gasteiger partial charge < -0.3 is 5.32 Å². The molecule has 2 heteroatoms. The van der Waals surface area contributed by atoms with Crippen molar-refractivity contribution in [1.29, 1.82) is 0 Å². The van der Waals surface area contributed by atoms with Crippen LogP contribution < -0.4 is 5.32 Å². The van der Waals surface area contributed by atoms with Gasteiger partial charge >= 0.3 is 0 Å². The van der Waals surface area contributed by atoms with Gasteiger partial charge in [-0.1, -0.05) is 32.1 Å². The average molecular weight is 247 g/mol. The Morgan fingerprint density at radius 3 is 2.94 bits per heavy atom. The van der Waals surface area contributed by atoms with Crippen molar-refractivity contribution in [3.05, 3.63) is 34.5 Å². The minimum Gasteiger partial charge on any atom is -0.306 e. The van der Waals surface area contributed by atoms with Gasteiger partial charge in [0.25, 0.3) is 0 Å². The molecule has 92 valence electrons. The second kappa shape index (κ2) is 4.58. The normalized spacial score (nSPS) is 32.5. The Kier molecular flexibility index (Phi) is 3.10. The summed E-state index contributed by atoms with van der Waals surface area (Å²) in [6.07, 6.45) is 7.48. The molecule has 3 rings (SSSR count). The lowest BCUT2D eigenvalue weighted by Crippen LogP contribution is -2.50. The fourth-order valence-corrected chi connectivity index (χ4v) is 4.17. The van der Waals surface area contributed by atoms with Crippen LogP contribution in [0.3, 0.4) is 0 Å². The molecule has 1 saturated carbocycles. The van der Waals surface area contributed by atoms with Gasteiger partial charge in [0.2, 0.25) is 0 Å². The van der Waals surface area contributed by atoms with Crippen molar-refractivity contribution in [2.75, 3.05) is 0 Å². The molecular weight excluding hydrogens is 226 g/mol. The summed E-state index contributed by atoms with van der Waals surface area (Å²) in [6, 6.07) is 5.68. The Labute approximate surface area is 108 Å². The molecule has 0 saturated heterocycles. The van der Waals surface area contributed by atoms with Crippen molar-refractivity contribution in [2.24, 2.45) is 17.8 Å². The monoisotopic (exact) mass is 247 g/mol. The summed E-state index contributed by atoms with van der Waals surface area (Å²) in [7, 11) is 0. The smallest absolute Gasteiger partial charge is 0.0440 e. The minimum absolute atomic E-state index is 0.537. The van der Waals surface area contributed by atoms with Gasteiger partial charge in [0.15, 0.2) is 0 Å². The van der Waals surface area contributed by atoms with E-state index < -0.39 is 0 Å². The van der Waals surface area contributed by atoms with Gasteiger partial charge in [-0.05, 0) is 42.0 Å². The third-order valence-electron chi connectivity index (χ3n) is 4.27. The maximum Gasteiger partial charge on any atom is 0.0440 e. The van der Waals surface area contributed by atoms with Crippen molar-refractivity contribution in [2.45, 2.75) is 38.8 Å². The van der Waals surface area contributed by atoms with Crippen LogP contribution in [-0.2, 0) is 0 Å². The van der Waals surface area contributed by atoms with Crippen molar-refractivity contribution in [3.8, 4) is 0 Å². The van der Waals surface area contributed by atoms with Gasteiger partial charge in [-0.15, -0.1) is 11.3 Å². The predicted octanol–water partition coefficient (Wildman–Crippen LogP) is 4.00. The molecule has 1 nitrogen and oxygen atoms in total. The number of nitrogens with one attached hydrogen (secondary N) is 1. The van der Waals surface area contributed by atoms with Crippen LogP contribution in [0.4, 0.5) is 0 Å². The first-order valence-electron chi connectivity index (χ1n) is 6.72. The molecule has 1 fully saturated rings. The largest absolute Gasteiger partial charge is 0.306 e. The van der Waals surface area contributed by atoms with Gasteiger partial charge in [0.1, 0.15) is 0 Å². The summed E-state index contributed by atoms with van der Waals surface area (Å²) in [5, 5.41) is 6.07. The van der Waals surface area contributed by atoms with Gasteiger partial charge in [0.05, 0.1) is 0 Å². The van der Waals surface area contributed by atoms with Crippen molar-refractivity contribution < 1.29 is 0 Å². The summed E-state index contributed by atoms with van der Waals surface area (Å²) >= 11 is 1.88. The highest BCUT2D eigenvalue weighted by Gasteiger charge is 2.42. The third kappa shape index (κ3) is 2.09. The van der Waals surface area contributed by atoms with E-state index in [1.54, 1.807) is 0 Å². The van der Waals surface area contributed by atoms with Crippen LogP contribution >= 0.6 is 11.3 Å². The highest BCUT2D eigenvalue weighted by atomic mass is 32.1. The molecule has 4 atom stereocenters. The first-order chi connectivity index (χ1) is 8.25. The molecule has 0 spiro atoms. The molecule has 0 amide bonds. The summed E-state index contributed by atoms with van der Waals surface area (Å²) < 4.78 is 0. The van der Waals surface area contributed by atoms with E-state index in [1.807, 2.05) is 11.3 Å². The average Bonchev–Trinajstić information content (AvgIpc) is 2.88. The van der Waals surface area contributed by atoms with Crippen LogP contribution in [0.5, 0.6) is 0 Å². The van der Waals surface area contributed by atoms with Gasteiger partial charge in [-0.25, -0.2) is 0 Å². The van der Waals surface area contributed by atoms with Gasteiger partial charge in [-0.2, -0.15) is 0 Å². The molecule has 0 aliphatic heterocycles. The van der Waals surface area contributed by atoms with Crippen LogP contribution in [0.1, 0.15) is 37.6 Å².